The van der Waals surface area contributed by atoms with Crippen molar-refractivity contribution in [3.63, 3.8) is 0 Å². The molecule has 0 aromatic heterocycles. The van der Waals surface area contributed by atoms with Crippen molar-refractivity contribution in [3.05, 3.63) is 29.3 Å². The highest BCUT2D eigenvalue weighted by Gasteiger charge is 2.35. The normalized spacial score (nSPS) is 18.9. The number of ether oxygens (including phenoxy) is 1. The predicted molar refractivity (Wildman–Crippen MR) is 69.1 cm³/mol. The number of halogens is 3. The van der Waals surface area contributed by atoms with Gasteiger partial charge in [-0.1, -0.05) is 0 Å². The zero-order valence-corrected chi connectivity index (χ0v) is 11.3. The molecule has 0 unspecified atom stereocenters. The number of hydrogen-bond donors (Lipinski definition) is 0. The lowest BCUT2D eigenvalue weighted by molar-refractivity contribution is -0.137. The highest BCUT2D eigenvalue weighted by Crippen LogP contribution is 2.34. The molecule has 0 N–H and O–H groups in total. The molecule has 20 heavy (non-hydrogen) atoms. The number of nitrogens with zero attached hydrogens (tertiary/aromatic N) is 1. The number of alkyl halides is 3. The van der Waals surface area contributed by atoms with Crippen molar-refractivity contribution >= 4 is 12.0 Å². The SMILES string of the molecule is CC1(C)CN(c2ccc(C=O)c(C(F)(F)F)c2)CCO1. The van der Waals surface area contributed by atoms with Gasteiger partial charge in [0.2, 0.25) is 0 Å². The molecule has 1 heterocycles. The van der Waals surface area contributed by atoms with E-state index in [4.69, 9.17) is 4.74 Å². The van der Waals surface area contributed by atoms with Crippen LogP contribution in [0.4, 0.5) is 18.9 Å². The van der Waals surface area contributed by atoms with Crippen molar-refractivity contribution in [2.24, 2.45) is 0 Å². The maximum absolute atomic E-state index is 12.9. The number of morpholine rings is 1. The van der Waals surface area contributed by atoms with Crippen LogP contribution in [0.2, 0.25) is 0 Å². The number of carbonyl (C=O) groups excluding carboxylic acids is 1. The van der Waals surface area contributed by atoms with E-state index < -0.39 is 17.3 Å². The number of aldehydes is 1. The van der Waals surface area contributed by atoms with Gasteiger partial charge in [0.05, 0.1) is 17.8 Å². The fourth-order valence-corrected chi connectivity index (χ4v) is 2.33. The van der Waals surface area contributed by atoms with E-state index in [1.165, 1.54) is 6.07 Å². The van der Waals surface area contributed by atoms with Crippen LogP contribution in [0.25, 0.3) is 0 Å². The molecule has 0 atom stereocenters. The summed E-state index contributed by atoms with van der Waals surface area (Å²) in [6, 6.07) is 3.79. The van der Waals surface area contributed by atoms with E-state index in [9.17, 15) is 18.0 Å². The van der Waals surface area contributed by atoms with Crippen LogP contribution in [0.3, 0.4) is 0 Å². The second-order valence-electron chi connectivity index (χ2n) is 5.42. The lowest BCUT2D eigenvalue weighted by atomic mass is 10.0. The fraction of sp³-hybridized carbons (Fsp3) is 0.500. The monoisotopic (exact) mass is 287 g/mol. The molecule has 1 aliphatic heterocycles. The second kappa shape index (κ2) is 5.09. The maximum atomic E-state index is 12.9. The van der Waals surface area contributed by atoms with Crippen molar-refractivity contribution in [2.75, 3.05) is 24.6 Å². The number of hydrogen-bond acceptors (Lipinski definition) is 3. The zero-order valence-electron chi connectivity index (χ0n) is 11.3. The Morgan fingerprint density at radius 1 is 1.35 bits per heavy atom. The minimum absolute atomic E-state index is 0.232. The van der Waals surface area contributed by atoms with E-state index >= 15 is 0 Å². The summed E-state index contributed by atoms with van der Waals surface area (Å²) in [6.45, 7) is 5.28. The molecule has 110 valence electrons. The Bertz CT molecular complexity index is 512. The molecule has 0 radical (unpaired) electrons. The Morgan fingerprint density at radius 3 is 2.60 bits per heavy atom. The van der Waals surface area contributed by atoms with Gasteiger partial charge in [0.15, 0.2) is 6.29 Å². The predicted octanol–water partition coefficient (Wildman–Crippen LogP) is 3.13. The molecule has 0 amide bonds. The van der Waals surface area contributed by atoms with Gasteiger partial charge in [0.25, 0.3) is 0 Å². The highest BCUT2D eigenvalue weighted by atomic mass is 19.4. The molecule has 1 saturated heterocycles. The Hall–Kier alpha value is -1.56. The summed E-state index contributed by atoms with van der Waals surface area (Å²) in [4.78, 5) is 12.6. The third kappa shape index (κ3) is 3.12. The van der Waals surface area contributed by atoms with Crippen LogP contribution in [0.15, 0.2) is 18.2 Å². The summed E-state index contributed by atoms with van der Waals surface area (Å²) in [5.74, 6) is 0. The number of carbonyl (C=O) groups is 1. The first kappa shape index (κ1) is 14.8. The molecular weight excluding hydrogens is 271 g/mol. The zero-order chi connectivity index (χ0) is 15.0. The molecule has 0 spiro atoms. The molecule has 2 rings (SSSR count). The molecular formula is C14H16F3NO2. The largest absolute Gasteiger partial charge is 0.417 e. The molecule has 1 aromatic rings. The van der Waals surface area contributed by atoms with E-state index in [1.54, 1.807) is 6.07 Å². The fourth-order valence-electron chi connectivity index (χ4n) is 2.33. The summed E-state index contributed by atoms with van der Waals surface area (Å²) in [7, 11) is 0. The van der Waals surface area contributed by atoms with Gasteiger partial charge in [-0.2, -0.15) is 13.2 Å². The van der Waals surface area contributed by atoms with E-state index in [0.29, 0.717) is 25.4 Å². The van der Waals surface area contributed by atoms with Crippen molar-refractivity contribution < 1.29 is 22.7 Å². The van der Waals surface area contributed by atoms with Crippen LogP contribution in [0.1, 0.15) is 29.8 Å². The molecule has 1 aliphatic rings. The lowest BCUT2D eigenvalue weighted by Gasteiger charge is -2.39. The number of benzene rings is 1. The molecule has 0 aliphatic carbocycles. The molecule has 1 aromatic carbocycles. The molecule has 6 heteroatoms. The minimum Gasteiger partial charge on any atom is -0.372 e. The molecule has 1 fully saturated rings. The standard InChI is InChI=1S/C14H16F3NO2/c1-13(2)9-18(5-6-20-13)11-4-3-10(8-19)12(7-11)14(15,16)17/h3-4,7-8H,5-6,9H2,1-2H3. The Kier molecular flexibility index (Phi) is 3.77. The summed E-state index contributed by atoms with van der Waals surface area (Å²) in [5, 5.41) is 0. The van der Waals surface area contributed by atoms with Crippen molar-refractivity contribution in [2.45, 2.75) is 25.6 Å². The average molecular weight is 287 g/mol. The lowest BCUT2D eigenvalue weighted by Crippen LogP contribution is -2.48. The Morgan fingerprint density at radius 2 is 2.05 bits per heavy atom. The van der Waals surface area contributed by atoms with Gasteiger partial charge >= 0.3 is 6.18 Å². The smallest absolute Gasteiger partial charge is 0.372 e. The first-order chi connectivity index (χ1) is 9.23. The summed E-state index contributed by atoms with van der Waals surface area (Å²) in [6.07, 6.45) is -4.30. The van der Waals surface area contributed by atoms with Crippen molar-refractivity contribution in [1.29, 1.82) is 0 Å². The van der Waals surface area contributed by atoms with Gasteiger partial charge in [-0.15, -0.1) is 0 Å². The molecule has 0 bridgehead atoms. The first-order valence-corrected chi connectivity index (χ1v) is 6.28. The van der Waals surface area contributed by atoms with Crippen LogP contribution in [-0.4, -0.2) is 31.6 Å². The van der Waals surface area contributed by atoms with E-state index in [0.717, 1.165) is 6.07 Å². The van der Waals surface area contributed by atoms with Gasteiger partial charge in [-0.05, 0) is 32.0 Å². The van der Waals surface area contributed by atoms with Crippen molar-refractivity contribution in [3.8, 4) is 0 Å². The van der Waals surface area contributed by atoms with Crippen LogP contribution in [-0.2, 0) is 10.9 Å². The maximum Gasteiger partial charge on any atom is 0.417 e. The number of anilines is 1. The van der Waals surface area contributed by atoms with Crippen LogP contribution < -0.4 is 4.90 Å². The Balaban J connectivity index is 2.36. The van der Waals surface area contributed by atoms with Crippen LogP contribution in [0, 0.1) is 0 Å². The third-order valence-corrected chi connectivity index (χ3v) is 3.26. The van der Waals surface area contributed by atoms with Gasteiger partial charge in [-0.3, -0.25) is 4.79 Å². The van der Waals surface area contributed by atoms with Crippen molar-refractivity contribution in [1.82, 2.24) is 0 Å². The third-order valence-electron chi connectivity index (χ3n) is 3.26. The Labute approximate surface area is 115 Å². The number of rotatable bonds is 2. The first-order valence-electron chi connectivity index (χ1n) is 6.28. The van der Waals surface area contributed by atoms with Gasteiger partial charge in [0, 0.05) is 24.3 Å². The second-order valence-corrected chi connectivity index (χ2v) is 5.42. The summed E-state index contributed by atoms with van der Waals surface area (Å²) >= 11 is 0. The average Bonchev–Trinajstić information content (AvgIpc) is 2.35. The summed E-state index contributed by atoms with van der Waals surface area (Å²) < 4.78 is 44.3. The topological polar surface area (TPSA) is 29.5 Å². The van der Waals surface area contributed by atoms with E-state index in [-0.39, 0.29) is 11.8 Å². The van der Waals surface area contributed by atoms with Gasteiger partial charge < -0.3 is 9.64 Å². The van der Waals surface area contributed by atoms with Crippen LogP contribution >= 0.6 is 0 Å². The molecule has 0 saturated carbocycles. The quantitative estimate of drug-likeness (QED) is 0.783. The minimum atomic E-state index is -4.53. The van der Waals surface area contributed by atoms with E-state index in [1.807, 2.05) is 18.7 Å². The summed E-state index contributed by atoms with van der Waals surface area (Å²) in [5.41, 5.74) is -1.18. The van der Waals surface area contributed by atoms with Gasteiger partial charge in [0.1, 0.15) is 0 Å². The van der Waals surface area contributed by atoms with Crippen LogP contribution in [0.5, 0.6) is 0 Å². The molecule has 3 nitrogen and oxygen atoms in total. The van der Waals surface area contributed by atoms with E-state index in [2.05, 4.69) is 0 Å². The highest BCUT2D eigenvalue weighted by molar-refractivity contribution is 5.79. The van der Waals surface area contributed by atoms with Gasteiger partial charge in [-0.25, -0.2) is 0 Å².